The van der Waals surface area contributed by atoms with Crippen LogP contribution in [-0.2, 0) is 20.9 Å². The summed E-state index contributed by atoms with van der Waals surface area (Å²) in [6.45, 7) is 2.32. The summed E-state index contributed by atoms with van der Waals surface area (Å²) >= 11 is 0. The second kappa shape index (κ2) is 12.2. The Hall–Kier alpha value is -4.12. The van der Waals surface area contributed by atoms with Crippen LogP contribution in [0.1, 0.15) is 80.4 Å². The van der Waals surface area contributed by atoms with Crippen LogP contribution in [-0.4, -0.2) is 17.9 Å². The number of ketones is 1. The summed E-state index contributed by atoms with van der Waals surface area (Å²) in [5, 5.41) is 3.49. The van der Waals surface area contributed by atoms with Gasteiger partial charge < -0.3 is 14.8 Å². The largest absolute Gasteiger partial charge is 0.489 e. The van der Waals surface area contributed by atoms with Gasteiger partial charge in [-0.3, -0.25) is 4.79 Å². The Morgan fingerprint density at radius 2 is 1.54 bits per heavy atom. The summed E-state index contributed by atoms with van der Waals surface area (Å²) in [6, 6.07) is 28.0. The van der Waals surface area contributed by atoms with Gasteiger partial charge in [0.25, 0.3) is 0 Å². The number of benzene rings is 3. The Morgan fingerprint density at radius 3 is 2.29 bits per heavy atom. The number of hydrogen-bond donors (Lipinski definition) is 1. The van der Waals surface area contributed by atoms with Crippen molar-refractivity contribution in [2.75, 3.05) is 0 Å². The third-order valence-corrected chi connectivity index (χ3v) is 8.61. The predicted octanol–water partition coefficient (Wildman–Crippen LogP) is 7.50. The maximum absolute atomic E-state index is 14.0. The molecule has 5 heteroatoms. The molecule has 41 heavy (non-hydrogen) atoms. The first-order valence-electron chi connectivity index (χ1n) is 14.8. The van der Waals surface area contributed by atoms with Crippen LogP contribution in [0.3, 0.4) is 0 Å². The Kier molecular flexibility index (Phi) is 8.04. The molecule has 0 saturated heterocycles. The van der Waals surface area contributed by atoms with Gasteiger partial charge in [0.2, 0.25) is 0 Å². The van der Waals surface area contributed by atoms with Crippen molar-refractivity contribution in [2.24, 2.45) is 0 Å². The van der Waals surface area contributed by atoms with Crippen LogP contribution in [0.25, 0.3) is 0 Å². The van der Waals surface area contributed by atoms with E-state index in [-0.39, 0.29) is 23.8 Å². The zero-order valence-electron chi connectivity index (χ0n) is 23.6. The van der Waals surface area contributed by atoms with Crippen molar-refractivity contribution < 1.29 is 19.1 Å². The average Bonchev–Trinajstić information content (AvgIpc) is 3.01. The van der Waals surface area contributed by atoms with Crippen LogP contribution in [0.5, 0.6) is 5.75 Å². The van der Waals surface area contributed by atoms with Crippen molar-refractivity contribution in [1.82, 2.24) is 5.32 Å². The van der Waals surface area contributed by atoms with Gasteiger partial charge in [0.1, 0.15) is 18.5 Å². The van der Waals surface area contributed by atoms with E-state index in [2.05, 4.69) is 17.4 Å². The highest BCUT2D eigenvalue weighted by Crippen LogP contribution is 2.48. The number of allylic oxidation sites excluding steroid dienone is 3. The highest BCUT2D eigenvalue weighted by molar-refractivity contribution is 6.04. The number of ether oxygens (including phenoxy) is 2. The SMILES string of the molecule is CC1=C(C(=O)OC2CCCCC2)[C@@H](c2ccccc2OCc2ccccc2)C2=C(C[C@H](c3ccccc3)CC2=O)N1. The minimum Gasteiger partial charge on any atom is -0.489 e. The molecule has 6 rings (SSSR count). The molecule has 0 amide bonds. The molecule has 1 N–H and O–H groups in total. The van der Waals surface area contributed by atoms with Crippen LogP contribution < -0.4 is 10.1 Å². The van der Waals surface area contributed by atoms with Gasteiger partial charge in [0.05, 0.1) is 11.5 Å². The fraction of sp³-hybridized carbons (Fsp3) is 0.333. The normalized spacial score (nSPS) is 21.2. The van der Waals surface area contributed by atoms with Crippen LogP contribution in [0.15, 0.2) is 107 Å². The monoisotopic (exact) mass is 547 g/mol. The lowest BCUT2D eigenvalue weighted by atomic mass is 9.71. The molecule has 1 saturated carbocycles. The molecular formula is C36H37NO4. The lowest BCUT2D eigenvalue weighted by Crippen LogP contribution is -2.37. The second-order valence-electron chi connectivity index (χ2n) is 11.4. The number of para-hydroxylation sites is 1. The molecular weight excluding hydrogens is 510 g/mol. The van der Waals surface area contributed by atoms with E-state index < -0.39 is 5.92 Å². The van der Waals surface area contributed by atoms with Gasteiger partial charge in [-0.25, -0.2) is 4.79 Å². The van der Waals surface area contributed by atoms with Crippen LogP contribution >= 0.6 is 0 Å². The quantitative estimate of drug-likeness (QED) is 0.310. The van der Waals surface area contributed by atoms with Gasteiger partial charge in [-0.05, 0) is 62.1 Å². The summed E-state index contributed by atoms with van der Waals surface area (Å²) in [4.78, 5) is 28.0. The van der Waals surface area contributed by atoms with Gasteiger partial charge in [0.15, 0.2) is 5.78 Å². The summed E-state index contributed by atoms with van der Waals surface area (Å²) in [7, 11) is 0. The summed E-state index contributed by atoms with van der Waals surface area (Å²) in [5.74, 6) is -0.0775. The Bertz CT molecular complexity index is 1470. The van der Waals surface area contributed by atoms with Crippen LogP contribution in [0, 0.1) is 0 Å². The zero-order valence-corrected chi connectivity index (χ0v) is 23.6. The maximum atomic E-state index is 14.0. The fourth-order valence-electron chi connectivity index (χ4n) is 6.57. The fourth-order valence-corrected chi connectivity index (χ4v) is 6.57. The van der Waals surface area contributed by atoms with Gasteiger partial charge in [-0.1, -0.05) is 85.3 Å². The van der Waals surface area contributed by atoms with Gasteiger partial charge in [-0.2, -0.15) is 0 Å². The molecule has 0 bridgehead atoms. The molecule has 0 radical (unpaired) electrons. The van der Waals surface area contributed by atoms with Crippen LogP contribution in [0.2, 0.25) is 0 Å². The maximum Gasteiger partial charge on any atom is 0.337 e. The molecule has 1 fully saturated rings. The Morgan fingerprint density at radius 1 is 0.854 bits per heavy atom. The van der Waals surface area contributed by atoms with Crippen molar-refractivity contribution in [3.8, 4) is 5.75 Å². The highest BCUT2D eigenvalue weighted by Gasteiger charge is 2.43. The molecule has 3 aromatic carbocycles. The second-order valence-corrected chi connectivity index (χ2v) is 11.4. The molecule has 210 valence electrons. The number of Topliss-reactive ketones (excluding diaryl/α,β-unsaturated/α-hetero) is 1. The minimum absolute atomic E-state index is 0.0610. The molecule has 3 aromatic rings. The molecule has 3 aliphatic rings. The average molecular weight is 548 g/mol. The highest BCUT2D eigenvalue weighted by atomic mass is 16.5. The van der Waals surface area contributed by atoms with E-state index in [9.17, 15) is 9.59 Å². The van der Waals surface area contributed by atoms with Crippen LogP contribution in [0.4, 0.5) is 0 Å². The smallest absolute Gasteiger partial charge is 0.337 e. The number of dihydropyridines is 1. The summed E-state index contributed by atoms with van der Waals surface area (Å²) in [5.41, 5.74) is 5.83. The minimum atomic E-state index is -0.557. The first-order chi connectivity index (χ1) is 20.1. The third-order valence-electron chi connectivity index (χ3n) is 8.61. The standard InChI is InChI=1S/C36H37NO4/c1-24-33(36(39)41-28-17-9-4-10-18-28)34(29-19-11-12-20-32(29)40-23-25-13-5-2-6-14-25)35-30(37-24)21-27(22-31(35)38)26-15-7-3-8-16-26/h2-3,5-8,11-16,19-20,27-28,34,37H,4,9-10,17-18,21-23H2,1H3/t27-,34+/m0/s1. The van der Waals surface area contributed by atoms with Gasteiger partial charge in [0, 0.05) is 29.0 Å². The van der Waals surface area contributed by atoms with Crippen molar-refractivity contribution in [1.29, 1.82) is 0 Å². The number of nitrogens with one attached hydrogen (secondary N) is 1. The first-order valence-corrected chi connectivity index (χ1v) is 14.8. The van der Waals surface area contributed by atoms with E-state index in [1.54, 1.807) is 0 Å². The van der Waals surface area contributed by atoms with Crippen molar-refractivity contribution in [3.05, 3.63) is 124 Å². The molecule has 2 aliphatic carbocycles. The molecule has 0 aromatic heterocycles. The summed E-state index contributed by atoms with van der Waals surface area (Å²) in [6.07, 6.45) is 6.12. The third kappa shape index (κ3) is 5.85. The molecule has 0 unspecified atom stereocenters. The van der Waals surface area contributed by atoms with Crippen molar-refractivity contribution >= 4 is 11.8 Å². The van der Waals surface area contributed by atoms with E-state index in [0.29, 0.717) is 36.3 Å². The first kappa shape index (κ1) is 27.1. The lowest BCUT2D eigenvalue weighted by Gasteiger charge is -2.37. The van der Waals surface area contributed by atoms with Crippen molar-refractivity contribution in [3.63, 3.8) is 0 Å². The Labute approximate surface area is 242 Å². The molecule has 1 heterocycles. The topological polar surface area (TPSA) is 64.6 Å². The molecule has 2 atom stereocenters. The van der Waals surface area contributed by atoms with Gasteiger partial charge in [-0.15, -0.1) is 0 Å². The Balaban J connectivity index is 1.39. The molecule has 0 spiro atoms. The number of esters is 1. The lowest BCUT2D eigenvalue weighted by molar-refractivity contribution is -0.146. The molecule has 5 nitrogen and oxygen atoms in total. The zero-order chi connectivity index (χ0) is 28.2. The summed E-state index contributed by atoms with van der Waals surface area (Å²) < 4.78 is 12.5. The molecule has 1 aliphatic heterocycles. The predicted molar refractivity (Wildman–Crippen MR) is 159 cm³/mol. The van der Waals surface area contributed by atoms with E-state index in [1.807, 2.05) is 79.7 Å². The van der Waals surface area contributed by atoms with Gasteiger partial charge >= 0.3 is 5.97 Å². The number of carbonyl (C=O) groups is 2. The number of hydrogen-bond acceptors (Lipinski definition) is 5. The van der Waals surface area contributed by atoms with E-state index in [0.717, 1.165) is 53.8 Å². The number of rotatable bonds is 7. The van der Waals surface area contributed by atoms with Crippen molar-refractivity contribution in [2.45, 2.75) is 76.4 Å². The van der Waals surface area contributed by atoms with E-state index in [1.165, 1.54) is 6.42 Å². The van der Waals surface area contributed by atoms with E-state index in [4.69, 9.17) is 9.47 Å². The van der Waals surface area contributed by atoms with E-state index >= 15 is 0 Å². The number of carbonyl (C=O) groups excluding carboxylic acids is 2.